The summed E-state index contributed by atoms with van der Waals surface area (Å²) in [6, 6.07) is 13.1. The SMILES string of the molecule is CC1Cc2ccccc2N1C(=O)CN1CCc2cc([N+](=O)[O-])ccc21. The van der Waals surface area contributed by atoms with Crippen molar-refractivity contribution in [3.8, 4) is 0 Å². The fourth-order valence-corrected chi connectivity index (χ4v) is 3.92. The smallest absolute Gasteiger partial charge is 0.269 e. The molecule has 128 valence electrons. The minimum Gasteiger partial charge on any atom is -0.362 e. The van der Waals surface area contributed by atoms with Crippen LogP contribution in [0.2, 0.25) is 0 Å². The summed E-state index contributed by atoms with van der Waals surface area (Å²) in [4.78, 5) is 27.4. The van der Waals surface area contributed by atoms with E-state index in [1.54, 1.807) is 12.1 Å². The van der Waals surface area contributed by atoms with Crippen molar-refractivity contribution in [3.05, 3.63) is 63.7 Å². The summed E-state index contributed by atoms with van der Waals surface area (Å²) in [5.41, 5.74) is 4.19. The number of benzene rings is 2. The van der Waals surface area contributed by atoms with E-state index in [4.69, 9.17) is 0 Å². The number of nitrogens with zero attached hydrogens (tertiary/aromatic N) is 3. The Bertz CT molecular complexity index is 865. The Morgan fingerprint density at radius 3 is 2.80 bits per heavy atom. The maximum Gasteiger partial charge on any atom is 0.269 e. The van der Waals surface area contributed by atoms with Gasteiger partial charge in [-0.1, -0.05) is 18.2 Å². The topological polar surface area (TPSA) is 66.7 Å². The van der Waals surface area contributed by atoms with Crippen LogP contribution in [-0.2, 0) is 17.6 Å². The van der Waals surface area contributed by atoms with Crippen LogP contribution in [0.15, 0.2) is 42.5 Å². The highest BCUT2D eigenvalue weighted by Crippen LogP contribution is 2.34. The van der Waals surface area contributed by atoms with E-state index < -0.39 is 0 Å². The second-order valence-corrected chi connectivity index (χ2v) is 6.69. The van der Waals surface area contributed by atoms with Crippen molar-refractivity contribution in [1.82, 2.24) is 0 Å². The summed E-state index contributed by atoms with van der Waals surface area (Å²) in [6.45, 7) is 3.08. The molecule has 6 heteroatoms. The summed E-state index contributed by atoms with van der Waals surface area (Å²) in [7, 11) is 0. The van der Waals surface area contributed by atoms with Crippen LogP contribution in [0.5, 0.6) is 0 Å². The first-order valence-corrected chi connectivity index (χ1v) is 8.47. The number of nitro groups is 1. The van der Waals surface area contributed by atoms with Crippen molar-refractivity contribution in [3.63, 3.8) is 0 Å². The predicted octanol–water partition coefficient (Wildman–Crippen LogP) is 2.94. The molecule has 0 bridgehead atoms. The molecule has 2 aromatic rings. The Kier molecular flexibility index (Phi) is 3.67. The van der Waals surface area contributed by atoms with Crippen LogP contribution in [0, 0.1) is 10.1 Å². The molecule has 0 saturated carbocycles. The number of hydrogen-bond acceptors (Lipinski definition) is 4. The van der Waals surface area contributed by atoms with E-state index in [1.165, 1.54) is 11.6 Å². The van der Waals surface area contributed by atoms with E-state index in [-0.39, 0.29) is 22.6 Å². The first-order chi connectivity index (χ1) is 12.0. The van der Waals surface area contributed by atoms with Gasteiger partial charge in [-0.25, -0.2) is 0 Å². The first-order valence-electron chi connectivity index (χ1n) is 8.47. The lowest BCUT2D eigenvalue weighted by atomic mass is 10.1. The van der Waals surface area contributed by atoms with E-state index in [0.29, 0.717) is 13.1 Å². The number of nitro benzene ring substituents is 1. The number of para-hydroxylation sites is 1. The molecule has 6 nitrogen and oxygen atoms in total. The molecular formula is C19H19N3O3. The zero-order valence-corrected chi connectivity index (χ0v) is 14.0. The lowest BCUT2D eigenvalue weighted by Gasteiger charge is -2.26. The van der Waals surface area contributed by atoms with E-state index in [0.717, 1.165) is 29.8 Å². The first kappa shape index (κ1) is 15.6. The molecule has 25 heavy (non-hydrogen) atoms. The summed E-state index contributed by atoms with van der Waals surface area (Å²) in [6.07, 6.45) is 1.61. The molecule has 0 N–H and O–H groups in total. The van der Waals surface area contributed by atoms with Crippen LogP contribution in [-0.4, -0.2) is 30.0 Å². The van der Waals surface area contributed by atoms with Gasteiger partial charge in [-0.05, 0) is 43.0 Å². The number of fused-ring (bicyclic) bond motifs is 2. The average molecular weight is 337 g/mol. The lowest BCUT2D eigenvalue weighted by molar-refractivity contribution is -0.384. The molecule has 0 aliphatic carbocycles. The van der Waals surface area contributed by atoms with Gasteiger partial charge in [0.1, 0.15) is 0 Å². The number of rotatable bonds is 3. The van der Waals surface area contributed by atoms with Crippen LogP contribution in [0.3, 0.4) is 0 Å². The number of anilines is 2. The van der Waals surface area contributed by atoms with Gasteiger partial charge < -0.3 is 9.80 Å². The van der Waals surface area contributed by atoms with Gasteiger partial charge in [-0.15, -0.1) is 0 Å². The van der Waals surface area contributed by atoms with Crippen molar-refractivity contribution in [2.24, 2.45) is 0 Å². The van der Waals surface area contributed by atoms with E-state index in [9.17, 15) is 14.9 Å². The Hall–Kier alpha value is -2.89. The molecular weight excluding hydrogens is 318 g/mol. The second kappa shape index (κ2) is 5.88. The van der Waals surface area contributed by atoms with Gasteiger partial charge >= 0.3 is 0 Å². The fourth-order valence-electron chi connectivity index (χ4n) is 3.92. The number of carbonyl (C=O) groups is 1. The van der Waals surface area contributed by atoms with E-state index in [2.05, 4.69) is 13.0 Å². The molecule has 1 unspecified atom stereocenters. The third-order valence-electron chi connectivity index (χ3n) is 5.07. The Balaban J connectivity index is 1.55. The molecule has 0 fully saturated rings. The molecule has 0 aromatic heterocycles. The van der Waals surface area contributed by atoms with Crippen molar-refractivity contribution in [2.45, 2.75) is 25.8 Å². The summed E-state index contributed by atoms with van der Waals surface area (Å²) < 4.78 is 0. The molecule has 2 aromatic carbocycles. The quantitative estimate of drug-likeness (QED) is 0.638. The van der Waals surface area contributed by atoms with Crippen molar-refractivity contribution in [2.75, 3.05) is 22.9 Å². The fraction of sp³-hybridized carbons (Fsp3) is 0.316. The zero-order chi connectivity index (χ0) is 17.6. The molecule has 0 spiro atoms. The highest BCUT2D eigenvalue weighted by molar-refractivity contribution is 5.99. The normalized spacial score (nSPS) is 18.2. The van der Waals surface area contributed by atoms with Gasteiger partial charge in [0.25, 0.3) is 5.69 Å². The van der Waals surface area contributed by atoms with Crippen LogP contribution >= 0.6 is 0 Å². The molecule has 2 aliphatic heterocycles. The highest BCUT2D eigenvalue weighted by atomic mass is 16.6. The maximum atomic E-state index is 12.9. The number of non-ortho nitro benzene ring substituents is 1. The predicted molar refractivity (Wildman–Crippen MR) is 96.1 cm³/mol. The Morgan fingerprint density at radius 2 is 2.00 bits per heavy atom. The summed E-state index contributed by atoms with van der Waals surface area (Å²) >= 11 is 0. The largest absolute Gasteiger partial charge is 0.362 e. The minimum atomic E-state index is -0.378. The lowest BCUT2D eigenvalue weighted by Crippen LogP contribution is -2.42. The summed E-state index contributed by atoms with van der Waals surface area (Å²) in [5.74, 6) is 0.0728. The van der Waals surface area contributed by atoms with E-state index in [1.807, 2.05) is 28.0 Å². The number of hydrogen-bond donors (Lipinski definition) is 0. The van der Waals surface area contributed by atoms with Crippen molar-refractivity contribution < 1.29 is 9.72 Å². The van der Waals surface area contributed by atoms with Crippen LogP contribution in [0.1, 0.15) is 18.1 Å². The number of carbonyl (C=O) groups excluding carboxylic acids is 1. The molecule has 1 amide bonds. The zero-order valence-electron chi connectivity index (χ0n) is 14.0. The highest BCUT2D eigenvalue weighted by Gasteiger charge is 2.32. The minimum absolute atomic E-state index is 0.0728. The maximum absolute atomic E-state index is 12.9. The number of amides is 1. The molecule has 0 radical (unpaired) electrons. The molecule has 4 rings (SSSR count). The molecule has 0 saturated heterocycles. The van der Waals surface area contributed by atoms with Gasteiger partial charge in [0.15, 0.2) is 0 Å². The van der Waals surface area contributed by atoms with Gasteiger partial charge in [-0.3, -0.25) is 14.9 Å². The second-order valence-electron chi connectivity index (χ2n) is 6.69. The third kappa shape index (κ3) is 2.63. The molecule has 2 heterocycles. The third-order valence-corrected chi connectivity index (χ3v) is 5.07. The standard InChI is InChI=1S/C19H19N3O3/c1-13-10-14-4-2-3-5-18(14)21(13)19(23)12-20-9-8-15-11-16(22(24)25)6-7-17(15)20/h2-7,11,13H,8-10,12H2,1H3. The average Bonchev–Trinajstić information content (AvgIpc) is 3.14. The van der Waals surface area contributed by atoms with E-state index >= 15 is 0 Å². The van der Waals surface area contributed by atoms with Gasteiger partial charge in [0.2, 0.25) is 5.91 Å². The summed E-state index contributed by atoms with van der Waals surface area (Å²) in [5, 5.41) is 10.9. The van der Waals surface area contributed by atoms with Gasteiger partial charge in [-0.2, -0.15) is 0 Å². The van der Waals surface area contributed by atoms with Crippen molar-refractivity contribution in [1.29, 1.82) is 0 Å². The van der Waals surface area contributed by atoms with Crippen LogP contribution < -0.4 is 9.80 Å². The van der Waals surface area contributed by atoms with Crippen LogP contribution in [0.4, 0.5) is 17.1 Å². The monoisotopic (exact) mass is 337 g/mol. The Labute approximate surface area is 145 Å². The molecule has 1 atom stereocenters. The Morgan fingerprint density at radius 1 is 1.20 bits per heavy atom. The van der Waals surface area contributed by atoms with Crippen LogP contribution in [0.25, 0.3) is 0 Å². The molecule has 2 aliphatic rings. The van der Waals surface area contributed by atoms with Gasteiger partial charge in [0, 0.05) is 36.1 Å². The van der Waals surface area contributed by atoms with Crippen molar-refractivity contribution >= 4 is 23.0 Å². The van der Waals surface area contributed by atoms with Gasteiger partial charge in [0.05, 0.1) is 11.5 Å².